The molecule has 1 N–H and O–H groups in total. The van der Waals surface area contributed by atoms with E-state index in [1.54, 1.807) is 24.3 Å². The molecule has 2 heterocycles. The molecular weight excluding hydrogens is 384 g/mol. The largest absolute Gasteiger partial charge is 0.311 e. The number of nitrogens with zero attached hydrogens (tertiary/aromatic N) is 3. The van der Waals surface area contributed by atoms with Gasteiger partial charge >= 0.3 is 0 Å². The zero-order valence-electron chi connectivity index (χ0n) is 14.6. The fourth-order valence-corrected chi connectivity index (χ4v) is 4.40. The molecule has 0 fully saturated rings. The van der Waals surface area contributed by atoms with Crippen LogP contribution < -0.4 is 4.72 Å². The molecule has 6 nitrogen and oxygen atoms in total. The quantitative estimate of drug-likeness (QED) is 0.711. The Morgan fingerprint density at radius 1 is 0.926 bits per heavy atom. The highest BCUT2D eigenvalue weighted by Crippen LogP contribution is 2.25. The summed E-state index contributed by atoms with van der Waals surface area (Å²) in [7, 11) is -3.66. The molecule has 1 aliphatic rings. The van der Waals surface area contributed by atoms with Crippen LogP contribution in [0.15, 0.2) is 53.4 Å². The van der Waals surface area contributed by atoms with Crippen molar-refractivity contribution in [2.75, 3.05) is 4.72 Å². The highest BCUT2D eigenvalue weighted by Gasteiger charge is 2.17. The van der Waals surface area contributed by atoms with Gasteiger partial charge in [-0.1, -0.05) is 18.0 Å². The van der Waals surface area contributed by atoms with Crippen molar-refractivity contribution in [3.63, 3.8) is 0 Å². The highest BCUT2D eigenvalue weighted by atomic mass is 35.5. The number of fused-ring (bicyclic) bond motifs is 1. The van der Waals surface area contributed by atoms with Crippen LogP contribution in [0.3, 0.4) is 0 Å². The summed E-state index contributed by atoms with van der Waals surface area (Å²) in [6, 6.07) is 13.3. The van der Waals surface area contributed by atoms with E-state index >= 15 is 0 Å². The van der Waals surface area contributed by atoms with Crippen LogP contribution in [0.2, 0.25) is 5.02 Å². The SMILES string of the molecule is O=S(=O)(Nc1ccc(-c2nnc3n2CCCCC3)cc1)c1ccc(Cl)cc1. The van der Waals surface area contributed by atoms with E-state index in [1.165, 1.54) is 18.6 Å². The molecule has 0 amide bonds. The number of hydrogen-bond acceptors (Lipinski definition) is 4. The summed E-state index contributed by atoms with van der Waals surface area (Å²) in [6.45, 7) is 0.919. The summed E-state index contributed by atoms with van der Waals surface area (Å²) in [4.78, 5) is 0.166. The number of benzene rings is 2. The first-order chi connectivity index (χ1) is 13.0. The molecule has 0 radical (unpaired) electrons. The minimum atomic E-state index is -3.66. The van der Waals surface area contributed by atoms with Gasteiger partial charge in [0.05, 0.1) is 4.90 Å². The van der Waals surface area contributed by atoms with Crippen molar-refractivity contribution in [1.82, 2.24) is 14.8 Å². The van der Waals surface area contributed by atoms with E-state index in [9.17, 15) is 8.42 Å². The predicted octanol–water partition coefficient (Wildman–Crippen LogP) is 4.13. The Labute approximate surface area is 163 Å². The van der Waals surface area contributed by atoms with Gasteiger partial charge in [0, 0.05) is 29.2 Å². The van der Waals surface area contributed by atoms with Crippen LogP contribution in [0.4, 0.5) is 5.69 Å². The van der Waals surface area contributed by atoms with Crippen LogP contribution in [0.25, 0.3) is 11.4 Å². The summed E-state index contributed by atoms with van der Waals surface area (Å²) >= 11 is 5.82. The fourth-order valence-electron chi connectivity index (χ4n) is 3.21. The maximum Gasteiger partial charge on any atom is 0.261 e. The summed E-state index contributed by atoms with van der Waals surface area (Å²) in [5.41, 5.74) is 1.41. The minimum Gasteiger partial charge on any atom is -0.311 e. The first-order valence-electron chi connectivity index (χ1n) is 8.84. The summed E-state index contributed by atoms with van der Waals surface area (Å²) in [5, 5.41) is 9.14. The first kappa shape index (κ1) is 18.0. The smallest absolute Gasteiger partial charge is 0.261 e. The number of rotatable bonds is 4. The Hall–Kier alpha value is -2.38. The summed E-state index contributed by atoms with van der Waals surface area (Å²) < 4.78 is 29.7. The van der Waals surface area contributed by atoms with Crippen LogP contribution in [-0.2, 0) is 23.0 Å². The second kappa shape index (κ2) is 7.32. The van der Waals surface area contributed by atoms with E-state index in [2.05, 4.69) is 19.5 Å². The van der Waals surface area contributed by atoms with E-state index in [0.717, 1.165) is 43.0 Å². The van der Waals surface area contributed by atoms with Crippen LogP contribution in [0, 0.1) is 0 Å². The topological polar surface area (TPSA) is 76.9 Å². The highest BCUT2D eigenvalue weighted by molar-refractivity contribution is 7.92. The molecule has 4 rings (SSSR count). The van der Waals surface area contributed by atoms with Crippen molar-refractivity contribution in [3.05, 3.63) is 59.4 Å². The Kier molecular flexibility index (Phi) is 4.88. The second-order valence-corrected chi connectivity index (χ2v) is 8.66. The van der Waals surface area contributed by atoms with Crippen molar-refractivity contribution in [3.8, 4) is 11.4 Å². The van der Waals surface area contributed by atoms with Gasteiger partial charge in [0.25, 0.3) is 10.0 Å². The standard InChI is InChI=1S/C19H19ClN4O2S/c20-15-7-11-17(12-8-15)27(25,26)23-16-9-5-14(6-10-16)19-22-21-18-4-2-1-3-13-24(18)19/h5-12,23H,1-4,13H2. The molecule has 0 saturated heterocycles. The van der Waals surface area contributed by atoms with Gasteiger partial charge < -0.3 is 4.57 Å². The van der Waals surface area contributed by atoms with Gasteiger partial charge in [-0.15, -0.1) is 10.2 Å². The van der Waals surface area contributed by atoms with Crippen molar-refractivity contribution in [1.29, 1.82) is 0 Å². The van der Waals surface area contributed by atoms with E-state index in [0.29, 0.717) is 10.7 Å². The lowest BCUT2D eigenvalue weighted by Crippen LogP contribution is -2.12. The monoisotopic (exact) mass is 402 g/mol. The van der Waals surface area contributed by atoms with Crippen molar-refractivity contribution in [2.45, 2.75) is 37.1 Å². The molecule has 1 aliphatic heterocycles. The number of aryl methyl sites for hydroxylation is 1. The van der Waals surface area contributed by atoms with Crippen molar-refractivity contribution in [2.24, 2.45) is 0 Å². The molecule has 0 saturated carbocycles. The normalized spacial score (nSPS) is 14.4. The predicted molar refractivity (Wildman–Crippen MR) is 105 cm³/mol. The number of anilines is 1. The molecule has 0 bridgehead atoms. The van der Waals surface area contributed by atoms with E-state index < -0.39 is 10.0 Å². The Bertz CT molecular complexity index is 1040. The molecule has 0 atom stereocenters. The molecule has 27 heavy (non-hydrogen) atoms. The molecule has 0 spiro atoms. The molecule has 2 aromatic carbocycles. The number of hydrogen-bond donors (Lipinski definition) is 1. The lowest BCUT2D eigenvalue weighted by molar-refractivity contribution is 0.601. The van der Waals surface area contributed by atoms with Gasteiger partial charge in [0.2, 0.25) is 0 Å². The summed E-state index contributed by atoms with van der Waals surface area (Å²) in [5.74, 6) is 1.86. The average molecular weight is 403 g/mol. The van der Waals surface area contributed by atoms with Gasteiger partial charge in [0.1, 0.15) is 5.82 Å². The Balaban J connectivity index is 1.56. The maximum atomic E-state index is 12.5. The fraction of sp³-hybridized carbons (Fsp3) is 0.263. The minimum absolute atomic E-state index is 0.166. The number of aromatic nitrogens is 3. The van der Waals surface area contributed by atoms with E-state index in [4.69, 9.17) is 11.6 Å². The third-order valence-electron chi connectivity index (χ3n) is 4.63. The maximum absolute atomic E-state index is 12.5. The molecular formula is C19H19ClN4O2S. The molecule has 140 valence electrons. The van der Waals surface area contributed by atoms with Crippen LogP contribution in [-0.4, -0.2) is 23.2 Å². The zero-order chi connectivity index (χ0) is 18.9. The van der Waals surface area contributed by atoms with E-state index in [1.807, 2.05) is 12.1 Å². The van der Waals surface area contributed by atoms with Crippen molar-refractivity contribution >= 4 is 27.3 Å². The van der Waals surface area contributed by atoms with Gasteiger partial charge in [0.15, 0.2) is 5.82 Å². The zero-order valence-corrected chi connectivity index (χ0v) is 16.2. The lowest BCUT2D eigenvalue weighted by atomic mass is 10.2. The van der Waals surface area contributed by atoms with Crippen LogP contribution in [0.5, 0.6) is 0 Å². The number of sulfonamides is 1. The second-order valence-electron chi connectivity index (χ2n) is 6.54. The number of halogens is 1. The Morgan fingerprint density at radius 3 is 2.41 bits per heavy atom. The molecule has 0 aliphatic carbocycles. The van der Waals surface area contributed by atoms with Crippen LogP contribution >= 0.6 is 11.6 Å². The molecule has 3 aromatic rings. The molecule has 0 unspecified atom stereocenters. The van der Waals surface area contributed by atoms with E-state index in [-0.39, 0.29) is 4.90 Å². The molecule has 8 heteroatoms. The molecule has 1 aromatic heterocycles. The van der Waals surface area contributed by atoms with Crippen LogP contribution in [0.1, 0.15) is 25.1 Å². The van der Waals surface area contributed by atoms with Crippen molar-refractivity contribution < 1.29 is 8.42 Å². The van der Waals surface area contributed by atoms with Gasteiger partial charge in [-0.3, -0.25) is 4.72 Å². The van der Waals surface area contributed by atoms with Gasteiger partial charge in [-0.25, -0.2) is 8.42 Å². The van der Waals surface area contributed by atoms with Gasteiger partial charge in [-0.05, 0) is 61.4 Å². The number of nitrogens with one attached hydrogen (secondary N) is 1. The Morgan fingerprint density at radius 2 is 1.67 bits per heavy atom. The third-order valence-corrected chi connectivity index (χ3v) is 6.28. The summed E-state index contributed by atoms with van der Waals surface area (Å²) in [6.07, 6.45) is 4.42. The first-order valence-corrected chi connectivity index (χ1v) is 10.7. The van der Waals surface area contributed by atoms with Gasteiger partial charge in [-0.2, -0.15) is 0 Å². The lowest BCUT2D eigenvalue weighted by Gasteiger charge is -2.10. The average Bonchev–Trinajstić information content (AvgIpc) is 2.91. The third kappa shape index (κ3) is 3.84.